The van der Waals surface area contributed by atoms with Crippen molar-refractivity contribution in [3.05, 3.63) is 41.0 Å². The fourth-order valence-electron chi connectivity index (χ4n) is 3.70. The summed E-state index contributed by atoms with van der Waals surface area (Å²) in [5, 5.41) is 9.99. The summed E-state index contributed by atoms with van der Waals surface area (Å²) in [6.07, 6.45) is 3.06. The van der Waals surface area contributed by atoms with Gasteiger partial charge in [0.15, 0.2) is 11.5 Å². The van der Waals surface area contributed by atoms with Crippen molar-refractivity contribution in [2.75, 3.05) is 20.8 Å². The van der Waals surface area contributed by atoms with Crippen LogP contribution in [0.3, 0.4) is 0 Å². The summed E-state index contributed by atoms with van der Waals surface area (Å²) in [5.41, 5.74) is 1.59. The molecule has 0 aliphatic carbocycles. The lowest BCUT2D eigenvalue weighted by molar-refractivity contribution is -0.119. The maximum absolute atomic E-state index is 14.5. The Kier molecular flexibility index (Phi) is 6.59. The van der Waals surface area contributed by atoms with E-state index in [4.69, 9.17) is 9.47 Å². The lowest BCUT2D eigenvalue weighted by Gasteiger charge is -2.24. The minimum atomic E-state index is -0.591. The standard InChI is InChI=1S/C21H27FN4O4/c1-12(15-8-19(29-3)20(30-4)9-17(15)22)25-21(28)16-11-24-26-6-5-14(7-18(16)26)10-23-13(2)27/h8-9,11-12,14H,5-7,10H2,1-4H3,(H,23,27)(H,25,28). The molecule has 1 aliphatic rings. The minimum absolute atomic E-state index is 0.0715. The van der Waals surface area contributed by atoms with Crippen molar-refractivity contribution in [2.24, 2.45) is 5.92 Å². The van der Waals surface area contributed by atoms with Gasteiger partial charge in [-0.3, -0.25) is 14.3 Å². The van der Waals surface area contributed by atoms with E-state index in [0.717, 1.165) is 12.1 Å². The van der Waals surface area contributed by atoms with E-state index >= 15 is 0 Å². The summed E-state index contributed by atoms with van der Waals surface area (Å²) >= 11 is 0. The normalized spacial score (nSPS) is 16.4. The summed E-state index contributed by atoms with van der Waals surface area (Å²) < 4.78 is 26.7. The third kappa shape index (κ3) is 4.55. The quantitative estimate of drug-likeness (QED) is 0.719. The van der Waals surface area contributed by atoms with E-state index < -0.39 is 11.9 Å². The number of carbonyl (C=O) groups excluding carboxylic acids is 2. The van der Waals surface area contributed by atoms with Gasteiger partial charge in [-0.15, -0.1) is 0 Å². The van der Waals surface area contributed by atoms with Crippen molar-refractivity contribution in [1.82, 2.24) is 20.4 Å². The molecule has 0 radical (unpaired) electrons. The Balaban J connectivity index is 1.75. The molecule has 0 bridgehead atoms. The predicted octanol–water partition coefficient (Wildman–Crippen LogP) is 2.23. The molecule has 1 aliphatic heterocycles. The molecule has 9 heteroatoms. The number of ether oxygens (including phenoxy) is 2. The van der Waals surface area contributed by atoms with Crippen molar-refractivity contribution in [3.8, 4) is 11.5 Å². The number of nitrogens with one attached hydrogen (secondary N) is 2. The minimum Gasteiger partial charge on any atom is -0.493 e. The monoisotopic (exact) mass is 418 g/mol. The number of halogens is 1. The van der Waals surface area contributed by atoms with E-state index in [9.17, 15) is 14.0 Å². The van der Waals surface area contributed by atoms with Gasteiger partial charge in [0.1, 0.15) is 5.82 Å². The second kappa shape index (κ2) is 9.15. The molecule has 2 heterocycles. The van der Waals surface area contributed by atoms with E-state index in [1.54, 1.807) is 13.1 Å². The van der Waals surface area contributed by atoms with Gasteiger partial charge in [-0.2, -0.15) is 5.10 Å². The third-order valence-corrected chi connectivity index (χ3v) is 5.38. The second-order valence-electron chi connectivity index (χ2n) is 7.45. The van der Waals surface area contributed by atoms with Gasteiger partial charge in [0.2, 0.25) is 5.91 Å². The van der Waals surface area contributed by atoms with E-state index in [1.165, 1.54) is 33.3 Å². The molecule has 0 spiro atoms. The topological polar surface area (TPSA) is 94.5 Å². The largest absolute Gasteiger partial charge is 0.493 e. The number of rotatable bonds is 7. The molecule has 162 valence electrons. The molecule has 2 unspecified atom stereocenters. The SMILES string of the molecule is COc1cc(F)c(C(C)NC(=O)c2cnn3c2CC(CNC(C)=O)CC3)cc1OC. The van der Waals surface area contributed by atoms with Crippen LogP contribution in [0.25, 0.3) is 0 Å². The van der Waals surface area contributed by atoms with Crippen LogP contribution < -0.4 is 20.1 Å². The van der Waals surface area contributed by atoms with E-state index in [1.807, 2.05) is 4.68 Å². The van der Waals surface area contributed by atoms with Crippen LogP contribution in [0.4, 0.5) is 4.39 Å². The predicted molar refractivity (Wildman–Crippen MR) is 108 cm³/mol. The van der Waals surface area contributed by atoms with E-state index in [2.05, 4.69) is 15.7 Å². The lowest BCUT2D eigenvalue weighted by atomic mass is 9.94. The van der Waals surface area contributed by atoms with E-state index in [0.29, 0.717) is 36.4 Å². The maximum Gasteiger partial charge on any atom is 0.255 e. The number of hydrogen-bond donors (Lipinski definition) is 2. The number of aromatic nitrogens is 2. The number of fused-ring (bicyclic) bond motifs is 1. The van der Waals surface area contributed by atoms with Crippen molar-refractivity contribution < 1.29 is 23.5 Å². The van der Waals surface area contributed by atoms with Gasteiger partial charge in [-0.1, -0.05) is 0 Å². The molecule has 1 aromatic carbocycles. The zero-order chi connectivity index (χ0) is 21.8. The highest BCUT2D eigenvalue weighted by atomic mass is 19.1. The van der Waals surface area contributed by atoms with Crippen LogP contribution in [0, 0.1) is 11.7 Å². The molecule has 1 aromatic heterocycles. The Labute approximate surface area is 174 Å². The highest BCUT2D eigenvalue weighted by Gasteiger charge is 2.26. The Morgan fingerprint density at radius 1 is 1.30 bits per heavy atom. The van der Waals surface area contributed by atoms with Gasteiger partial charge in [-0.25, -0.2) is 4.39 Å². The summed E-state index contributed by atoms with van der Waals surface area (Å²) in [7, 11) is 2.91. The number of hydrogen-bond acceptors (Lipinski definition) is 5. The number of aryl methyl sites for hydroxylation is 1. The van der Waals surface area contributed by atoms with E-state index in [-0.39, 0.29) is 23.5 Å². The highest BCUT2D eigenvalue weighted by molar-refractivity contribution is 5.95. The molecular weight excluding hydrogens is 391 g/mol. The van der Waals surface area contributed by atoms with Gasteiger partial charge in [0, 0.05) is 31.6 Å². The molecule has 0 fully saturated rings. The molecule has 8 nitrogen and oxygen atoms in total. The van der Waals surface area contributed by atoms with Crippen LogP contribution in [-0.2, 0) is 17.8 Å². The molecule has 2 aromatic rings. The first-order valence-corrected chi connectivity index (χ1v) is 9.85. The lowest BCUT2D eigenvalue weighted by Crippen LogP contribution is -2.33. The molecule has 3 rings (SSSR count). The van der Waals surface area contributed by atoms with Crippen molar-refractivity contribution in [2.45, 2.75) is 39.3 Å². The van der Waals surface area contributed by atoms with Gasteiger partial charge in [0.25, 0.3) is 5.91 Å². The summed E-state index contributed by atoms with van der Waals surface area (Å²) in [4.78, 5) is 24.1. The fraction of sp³-hybridized carbons (Fsp3) is 0.476. The number of nitrogens with zero attached hydrogens (tertiary/aromatic N) is 2. The average molecular weight is 418 g/mol. The molecular formula is C21H27FN4O4. The zero-order valence-corrected chi connectivity index (χ0v) is 17.6. The highest BCUT2D eigenvalue weighted by Crippen LogP contribution is 2.32. The Bertz CT molecular complexity index is 943. The Morgan fingerprint density at radius 2 is 2.00 bits per heavy atom. The first kappa shape index (κ1) is 21.6. The number of amides is 2. The van der Waals surface area contributed by atoms with Gasteiger partial charge < -0.3 is 20.1 Å². The zero-order valence-electron chi connectivity index (χ0n) is 17.6. The van der Waals surface area contributed by atoms with Crippen LogP contribution in [0.1, 0.15) is 47.9 Å². The fourth-order valence-corrected chi connectivity index (χ4v) is 3.70. The first-order valence-electron chi connectivity index (χ1n) is 9.85. The molecule has 0 saturated heterocycles. The first-order chi connectivity index (χ1) is 14.3. The van der Waals surface area contributed by atoms with Gasteiger partial charge in [0.05, 0.1) is 37.7 Å². The van der Waals surface area contributed by atoms with Crippen LogP contribution in [0.2, 0.25) is 0 Å². The maximum atomic E-state index is 14.5. The van der Waals surface area contributed by atoms with Crippen molar-refractivity contribution in [1.29, 1.82) is 0 Å². The third-order valence-electron chi connectivity index (χ3n) is 5.38. The van der Waals surface area contributed by atoms with Crippen LogP contribution in [-0.4, -0.2) is 42.4 Å². The average Bonchev–Trinajstić information content (AvgIpc) is 3.15. The second-order valence-corrected chi connectivity index (χ2v) is 7.45. The van der Waals surface area contributed by atoms with Crippen molar-refractivity contribution in [3.63, 3.8) is 0 Å². The number of carbonyl (C=O) groups is 2. The number of benzene rings is 1. The molecule has 2 N–H and O–H groups in total. The van der Waals surface area contributed by atoms with Gasteiger partial charge in [-0.05, 0) is 31.7 Å². The molecule has 2 amide bonds. The summed E-state index contributed by atoms with van der Waals surface area (Å²) in [6.45, 7) is 4.44. The Morgan fingerprint density at radius 3 is 2.67 bits per heavy atom. The van der Waals surface area contributed by atoms with Crippen LogP contribution >= 0.6 is 0 Å². The van der Waals surface area contributed by atoms with Crippen LogP contribution in [0.5, 0.6) is 11.5 Å². The number of methoxy groups -OCH3 is 2. The smallest absolute Gasteiger partial charge is 0.255 e. The summed E-state index contributed by atoms with van der Waals surface area (Å²) in [6, 6.07) is 2.17. The van der Waals surface area contributed by atoms with Crippen LogP contribution in [0.15, 0.2) is 18.3 Å². The summed E-state index contributed by atoms with van der Waals surface area (Å²) in [5.74, 6) is 0.0288. The Hall–Kier alpha value is -3.10. The molecule has 30 heavy (non-hydrogen) atoms. The van der Waals surface area contributed by atoms with Gasteiger partial charge >= 0.3 is 0 Å². The van der Waals surface area contributed by atoms with Crippen molar-refractivity contribution >= 4 is 11.8 Å². The molecule has 0 saturated carbocycles. The molecule has 2 atom stereocenters.